The Balaban J connectivity index is 4.82. The highest BCUT2D eigenvalue weighted by Crippen LogP contribution is 2.30. The Morgan fingerprint density at radius 3 is 1.35 bits per heavy atom. The van der Waals surface area contributed by atoms with Crippen molar-refractivity contribution in [2.24, 2.45) is 11.8 Å². The minimum atomic E-state index is -0.909. The lowest BCUT2D eigenvalue weighted by atomic mass is 9.95. The van der Waals surface area contributed by atoms with Crippen molar-refractivity contribution < 1.29 is 19.6 Å². The van der Waals surface area contributed by atoms with Crippen LogP contribution in [0.4, 0.5) is 0 Å². The fourth-order valence-electron chi connectivity index (χ4n) is 1.38. The summed E-state index contributed by atoms with van der Waals surface area (Å²) in [5.41, 5.74) is -0.772. The van der Waals surface area contributed by atoms with Gasteiger partial charge in [-0.1, -0.05) is 47.5 Å². The van der Waals surface area contributed by atoms with Crippen LogP contribution in [0.25, 0.3) is 0 Å². The van der Waals surface area contributed by atoms with Crippen molar-refractivity contribution in [3.8, 4) is 0 Å². The molecule has 0 saturated carbocycles. The van der Waals surface area contributed by atoms with Gasteiger partial charge in [0.1, 0.15) is 11.2 Å². The highest BCUT2D eigenvalue weighted by Gasteiger charge is 2.36. The molecule has 0 aliphatic rings. The van der Waals surface area contributed by atoms with Crippen molar-refractivity contribution in [2.45, 2.75) is 112 Å². The third kappa shape index (κ3) is 8.48. The number of unbranched alkanes of at least 4 members (excludes halogenated alkanes) is 2. The molecule has 0 rings (SSSR count). The molecule has 0 aliphatic carbocycles. The standard InChI is InChI=1S/C19H40O4/c1-11-12-13-14-19(10,22-20-17(6,7)15(2)3)23-21-18(8,9)16(4)5/h15-16H,11-14H2,1-10H3. The first kappa shape index (κ1) is 22.8. The second-order valence-electron chi connectivity index (χ2n) is 8.44. The van der Waals surface area contributed by atoms with Crippen LogP contribution >= 0.6 is 0 Å². The van der Waals surface area contributed by atoms with Crippen LogP contribution in [-0.4, -0.2) is 17.0 Å². The molecular weight excluding hydrogens is 292 g/mol. The Kier molecular flexibility index (Phi) is 9.29. The summed E-state index contributed by atoms with van der Waals surface area (Å²) in [5, 5.41) is 0. The predicted molar refractivity (Wildman–Crippen MR) is 94.7 cm³/mol. The number of hydrogen-bond donors (Lipinski definition) is 0. The lowest BCUT2D eigenvalue weighted by Gasteiger charge is -2.37. The van der Waals surface area contributed by atoms with Gasteiger partial charge in [0.25, 0.3) is 0 Å². The lowest BCUT2D eigenvalue weighted by molar-refractivity contribution is -0.544. The molecule has 23 heavy (non-hydrogen) atoms. The summed E-state index contributed by atoms with van der Waals surface area (Å²) in [6.45, 7) is 20.6. The zero-order valence-corrected chi connectivity index (χ0v) is 17.1. The second-order valence-corrected chi connectivity index (χ2v) is 8.44. The molecule has 0 radical (unpaired) electrons. The van der Waals surface area contributed by atoms with E-state index in [0.717, 1.165) is 25.7 Å². The Bertz CT molecular complexity index is 297. The normalized spacial score (nSPS) is 14.1. The Labute approximate surface area is 144 Å². The monoisotopic (exact) mass is 332 g/mol. The van der Waals surface area contributed by atoms with Crippen molar-refractivity contribution in [3.63, 3.8) is 0 Å². The summed E-state index contributed by atoms with van der Waals surface area (Å²) in [4.78, 5) is 22.9. The third-order valence-corrected chi connectivity index (χ3v) is 4.88. The first-order valence-electron chi connectivity index (χ1n) is 9.10. The van der Waals surface area contributed by atoms with Crippen LogP contribution in [0.15, 0.2) is 0 Å². The predicted octanol–water partition coefficient (Wildman–Crippen LogP) is 6.05. The molecule has 0 unspecified atom stereocenters. The summed E-state index contributed by atoms with van der Waals surface area (Å²) in [6.07, 6.45) is 4.00. The molecule has 0 amide bonds. The van der Waals surface area contributed by atoms with Crippen LogP contribution in [0, 0.1) is 11.8 Å². The van der Waals surface area contributed by atoms with Gasteiger partial charge in [0.2, 0.25) is 5.79 Å². The maximum Gasteiger partial charge on any atom is 0.231 e. The molecule has 0 saturated heterocycles. The summed E-state index contributed by atoms with van der Waals surface area (Å²) < 4.78 is 0. The molecule has 4 heteroatoms. The van der Waals surface area contributed by atoms with Crippen molar-refractivity contribution >= 4 is 0 Å². The van der Waals surface area contributed by atoms with Gasteiger partial charge in [-0.25, -0.2) is 9.78 Å². The SMILES string of the molecule is CCCCCC(C)(OOC(C)(C)C(C)C)OOC(C)(C)C(C)C. The van der Waals surface area contributed by atoms with E-state index in [1.165, 1.54) is 0 Å². The van der Waals surface area contributed by atoms with E-state index >= 15 is 0 Å². The summed E-state index contributed by atoms with van der Waals surface area (Å²) in [6, 6.07) is 0. The average Bonchev–Trinajstić information content (AvgIpc) is 2.43. The van der Waals surface area contributed by atoms with Gasteiger partial charge < -0.3 is 0 Å². The molecule has 0 heterocycles. The third-order valence-electron chi connectivity index (χ3n) is 4.88. The maximum absolute atomic E-state index is 5.73. The van der Waals surface area contributed by atoms with E-state index in [-0.39, 0.29) is 11.2 Å². The van der Waals surface area contributed by atoms with E-state index in [1.54, 1.807) is 0 Å². The smallest absolute Gasteiger partial charge is 0.227 e. The van der Waals surface area contributed by atoms with Gasteiger partial charge in [0, 0.05) is 6.42 Å². The van der Waals surface area contributed by atoms with E-state index in [0.29, 0.717) is 11.8 Å². The van der Waals surface area contributed by atoms with Gasteiger partial charge in [-0.15, -0.1) is 0 Å². The van der Waals surface area contributed by atoms with Crippen LogP contribution in [0.5, 0.6) is 0 Å². The van der Waals surface area contributed by atoms with Gasteiger partial charge >= 0.3 is 0 Å². The molecule has 0 aromatic carbocycles. The summed E-state index contributed by atoms with van der Waals surface area (Å²) >= 11 is 0. The molecule has 140 valence electrons. The van der Waals surface area contributed by atoms with Gasteiger partial charge in [-0.05, 0) is 52.9 Å². The molecule has 0 N–H and O–H groups in total. The van der Waals surface area contributed by atoms with Crippen LogP contribution in [-0.2, 0) is 19.6 Å². The van der Waals surface area contributed by atoms with Gasteiger partial charge in [-0.2, -0.15) is 9.78 Å². The molecule has 0 spiro atoms. The highest BCUT2D eigenvalue weighted by molar-refractivity contribution is 4.72. The first-order chi connectivity index (χ1) is 10.4. The lowest BCUT2D eigenvalue weighted by Crippen LogP contribution is -2.42. The van der Waals surface area contributed by atoms with Gasteiger partial charge in [0.15, 0.2) is 0 Å². The van der Waals surface area contributed by atoms with E-state index in [9.17, 15) is 0 Å². The van der Waals surface area contributed by atoms with Crippen LogP contribution < -0.4 is 0 Å². The highest BCUT2D eigenvalue weighted by atomic mass is 17.3. The minimum Gasteiger partial charge on any atom is -0.227 e. The largest absolute Gasteiger partial charge is 0.231 e. The van der Waals surface area contributed by atoms with E-state index in [4.69, 9.17) is 19.6 Å². The maximum atomic E-state index is 5.73. The van der Waals surface area contributed by atoms with Gasteiger partial charge in [0.05, 0.1) is 0 Å². The topological polar surface area (TPSA) is 36.9 Å². The second kappa shape index (κ2) is 9.36. The quantitative estimate of drug-likeness (QED) is 0.189. The molecular formula is C19H40O4. The summed E-state index contributed by atoms with van der Waals surface area (Å²) in [7, 11) is 0. The molecule has 0 aromatic rings. The molecule has 4 nitrogen and oxygen atoms in total. The van der Waals surface area contributed by atoms with E-state index in [1.807, 2.05) is 34.6 Å². The Hall–Kier alpha value is -0.160. The van der Waals surface area contributed by atoms with E-state index in [2.05, 4.69) is 34.6 Å². The molecule has 0 fully saturated rings. The first-order valence-corrected chi connectivity index (χ1v) is 9.10. The van der Waals surface area contributed by atoms with Crippen molar-refractivity contribution in [3.05, 3.63) is 0 Å². The molecule has 0 atom stereocenters. The fourth-order valence-corrected chi connectivity index (χ4v) is 1.38. The fraction of sp³-hybridized carbons (Fsp3) is 1.00. The number of rotatable bonds is 12. The zero-order chi connectivity index (χ0) is 18.3. The molecule has 0 aliphatic heterocycles. The van der Waals surface area contributed by atoms with Crippen LogP contribution in [0.1, 0.15) is 94.9 Å². The van der Waals surface area contributed by atoms with Crippen molar-refractivity contribution in [1.82, 2.24) is 0 Å². The number of hydrogen-bond acceptors (Lipinski definition) is 4. The van der Waals surface area contributed by atoms with Crippen molar-refractivity contribution in [2.75, 3.05) is 0 Å². The summed E-state index contributed by atoms with van der Waals surface area (Å²) in [5.74, 6) is -0.251. The average molecular weight is 333 g/mol. The molecule has 0 bridgehead atoms. The molecule has 0 aromatic heterocycles. The zero-order valence-electron chi connectivity index (χ0n) is 17.1. The van der Waals surface area contributed by atoms with Gasteiger partial charge in [-0.3, -0.25) is 0 Å². The van der Waals surface area contributed by atoms with Crippen LogP contribution in [0.2, 0.25) is 0 Å². The van der Waals surface area contributed by atoms with E-state index < -0.39 is 5.79 Å². The van der Waals surface area contributed by atoms with Crippen molar-refractivity contribution in [1.29, 1.82) is 0 Å². The van der Waals surface area contributed by atoms with Crippen LogP contribution in [0.3, 0.4) is 0 Å². The minimum absolute atomic E-state index is 0.329. The Morgan fingerprint density at radius 1 is 0.652 bits per heavy atom. The Morgan fingerprint density at radius 2 is 1.04 bits per heavy atom.